The highest BCUT2D eigenvalue weighted by Gasteiger charge is 2.29. The zero-order chi connectivity index (χ0) is 40.9. The topological polar surface area (TPSA) is 121 Å². The van der Waals surface area contributed by atoms with Crippen molar-refractivity contribution in [3.05, 3.63) is 108 Å². The number of nitrogens with one attached hydrogen (secondary N) is 2. The minimum atomic E-state index is -0.0717. The van der Waals surface area contributed by atoms with Crippen LogP contribution >= 0.6 is 0 Å². The van der Waals surface area contributed by atoms with E-state index < -0.39 is 0 Å². The molecule has 0 atom stereocenters. The second-order valence-corrected chi connectivity index (χ2v) is 15.9. The predicted octanol–water partition coefficient (Wildman–Crippen LogP) is 9.82. The molecular formula is C49H52N4O6. The summed E-state index contributed by atoms with van der Waals surface area (Å²) in [6, 6.07) is 30.8. The van der Waals surface area contributed by atoms with Crippen LogP contribution in [0.25, 0.3) is 44.3 Å². The Kier molecular flexibility index (Phi) is 11.9. The molecule has 304 valence electrons. The molecule has 0 radical (unpaired) electrons. The summed E-state index contributed by atoms with van der Waals surface area (Å²) in [6.07, 6.45) is 9.47. The number of benzene rings is 4. The summed E-state index contributed by atoms with van der Waals surface area (Å²) in [5.74, 6) is 3.79. The van der Waals surface area contributed by atoms with Crippen molar-refractivity contribution >= 4 is 33.6 Å². The van der Waals surface area contributed by atoms with E-state index in [1.807, 2.05) is 97.1 Å². The first-order valence-corrected chi connectivity index (χ1v) is 20.7. The quantitative estimate of drug-likeness (QED) is 0.126. The highest BCUT2D eigenvalue weighted by molar-refractivity contribution is 6.08. The number of carbonyl (C=O) groups is 2. The minimum Gasteiger partial charge on any atom is -0.497 e. The molecular weight excluding hydrogens is 741 g/mol. The molecule has 4 aromatic carbocycles. The van der Waals surface area contributed by atoms with Crippen LogP contribution in [0.1, 0.15) is 78.5 Å². The Bertz CT molecular complexity index is 2300. The molecule has 2 aliphatic rings. The van der Waals surface area contributed by atoms with Crippen molar-refractivity contribution in [2.24, 2.45) is 11.8 Å². The Morgan fingerprint density at radius 2 is 0.932 bits per heavy atom. The number of rotatable bonds is 12. The Morgan fingerprint density at radius 1 is 0.525 bits per heavy atom. The smallest absolute Gasteiger partial charge is 0.252 e. The Labute approximate surface area is 345 Å². The Balaban J connectivity index is 0.859. The summed E-state index contributed by atoms with van der Waals surface area (Å²) in [4.78, 5) is 37.6. The Hall–Kier alpha value is -6.16. The molecule has 2 N–H and O–H groups in total. The number of fused-ring (bicyclic) bond motifs is 2. The highest BCUT2D eigenvalue weighted by Crippen LogP contribution is 2.38. The predicted molar refractivity (Wildman–Crippen MR) is 232 cm³/mol. The van der Waals surface area contributed by atoms with Crippen molar-refractivity contribution in [2.75, 3.05) is 28.4 Å². The lowest BCUT2D eigenvalue weighted by atomic mass is 9.75. The lowest BCUT2D eigenvalue weighted by molar-refractivity contribution is 0.0919. The summed E-state index contributed by atoms with van der Waals surface area (Å²) in [5, 5.41) is 8.41. The number of hydrogen-bond acceptors (Lipinski definition) is 8. The van der Waals surface area contributed by atoms with Crippen molar-refractivity contribution in [3.63, 3.8) is 0 Å². The largest absolute Gasteiger partial charge is 0.497 e. The molecule has 2 saturated carbocycles. The van der Waals surface area contributed by atoms with Gasteiger partial charge >= 0.3 is 0 Å². The summed E-state index contributed by atoms with van der Waals surface area (Å²) in [7, 11) is 6.49. The maximum atomic E-state index is 13.9. The van der Waals surface area contributed by atoms with E-state index in [0.29, 0.717) is 57.3 Å². The molecule has 0 spiro atoms. The number of ether oxygens (including phenoxy) is 4. The van der Waals surface area contributed by atoms with Crippen LogP contribution < -0.4 is 29.6 Å². The Morgan fingerprint density at radius 3 is 1.32 bits per heavy atom. The zero-order valence-corrected chi connectivity index (χ0v) is 34.3. The number of amides is 2. The van der Waals surface area contributed by atoms with Crippen molar-refractivity contribution in [2.45, 2.75) is 69.9 Å². The first-order valence-electron chi connectivity index (χ1n) is 20.7. The first kappa shape index (κ1) is 39.7. The average molecular weight is 793 g/mol. The summed E-state index contributed by atoms with van der Waals surface area (Å²) in [6.45, 7) is 0. The summed E-state index contributed by atoms with van der Waals surface area (Å²) in [5.41, 5.74) is 5.71. The van der Waals surface area contributed by atoms with Gasteiger partial charge in [-0.2, -0.15) is 0 Å². The van der Waals surface area contributed by atoms with Crippen molar-refractivity contribution in [3.8, 4) is 45.5 Å². The van der Waals surface area contributed by atoms with Gasteiger partial charge in [-0.3, -0.25) is 9.59 Å². The maximum absolute atomic E-state index is 13.9. The van der Waals surface area contributed by atoms with Gasteiger partial charge < -0.3 is 29.6 Å². The van der Waals surface area contributed by atoms with E-state index in [9.17, 15) is 9.59 Å². The average Bonchev–Trinajstić information content (AvgIpc) is 3.28. The van der Waals surface area contributed by atoms with Gasteiger partial charge in [-0.1, -0.05) is 36.4 Å². The number of nitrogens with zero attached hydrogens (tertiary/aromatic N) is 2. The van der Waals surface area contributed by atoms with E-state index in [4.69, 9.17) is 28.9 Å². The third-order valence-corrected chi connectivity index (χ3v) is 12.3. The van der Waals surface area contributed by atoms with E-state index in [0.717, 1.165) is 84.3 Å². The van der Waals surface area contributed by atoms with Gasteiger partial charge in [0, 0.05) is 46.1 Å². The molecule has 6 aromatic rings. The van der Waals surface area contributed by atoms with E-state index in [1.54, 1.807) is 28.4 Å². The van der Waals surface area contributed by atoms with Gasteiger partial charge in [-0.05, 0) is 118 Å². The number of carbonyl (C=O) groups excluding carboxylic acids is 2. The van der Waals surface area contributed by atoms with E-state index >= 15 is 0 Å². The van der Waals surface area contributed by atoms with Crippen LogP contribution in [0, 0.1) is 11.8 Å². The third kappa shape index (κ3) is 8.67. The second-order valence-electron chi connectivity index (χ2n) is 15.9. The van der Waals surface area contributed by atoms with Crippen LogP contribution in [-0.2, 0) is 0 Å². The molecule has 2 fully saturated rings. The van der Waals surface area contributed by atoms with Gasteiger partial charge in [-0.15, -0.1) is 0 Å². The third-order valence-electron chi connectivity index (χ3n) is 12.3. The monoisotopic (exact) mass is 792 g/mol. The van der Waals surface area contributed by atoms with Gasteiger partial charge in [0.25, 0.3) is 11.8 Å². The molecule has 2 heterocycles. The molecule has 0 bridgehead atoms. The van der Waals surface area contributed by atoms with Gasteiger partial charge in [0.2, 0.25) is 0 Å². The van der Waals surface area contributed by atoms with Gasteiger partial charge in [0.15, 0.2) is 0 Å². The number of aromatic nitrogens is 2. The molecule has 0 saturated heterocycles. The van der Waals surface area contributed by atoms with E-state index in [1.165, 1.54) is 6.42 Å². The molecule has 10 heteroatoms. The molecule has 8 rings (SSSR count). The number of hydrogen-bond donors (Lipinski definition) is 2. The lowest BCUT2D eigenvalue weighted by Crippen LogP contribution is -2.39. The maximum Gasteiger partial charge on any atom is 0.252 e. The number of para-hydroxylation sites is 2. The first-order chi connectivity index (χ1) is 28.8. The summed E-state index contributed by atoms with van der Waals surface area (Å²) >= 11 is 0. The molecule has 0 aliphatic heterocycles. The SMILES string of the molecule is COc1ccc(-c2cc(C(=O)NC3CCC(CC4CCC(NC(=O)c5cc(-c6ccc(OC)cc6OC)nc6ccccc56)CC4)CC3)c3ccccc3n2)c(OC)c1. The van der Waals surface area contributed by atoms with Crippen molar-refractivity contribution in [1.29, 1.82) is 0 Å². The number of methoxy groups -OCH3 is 4. The van der Waals surface area contributed by atoms with Crippen molar-refractivity contribution in [1.82, 2.24) is 20.6 Å². The van der Waals surface area contributed by atoms with E-state index in [2.05, 4.69) is 10.6 Å². The summed E-state index contributed by atoms with van der Waals surface area (Å²) < 4.78 is 22.1. The van der Waals surface area contributed by atoms with Crippen LogP contribution in [0.4, 0.5) is 0 Å². The minimum absolute atomic E-state index is 0.0717. The zero-order valence-electron chi connectivity index (χ0n) is 34.3. The highest BCUT2D eigenvalue weighted by atomic mass is 16.5. The van der Waals surface area contributed by atoms with Crippen molar-refractivity contribution < 1.29 is 28.5 Å². The van der Waals surface area contributed by atoms with Crippen LogP contribution in [0.5, 0.6) is 23.0 Å². The number of pyridine rings is 2. The normalized spacial score (nSPS) is 19.2. The fraction of sp³-hybridized carbons (Fsp3) is 0.347. The lowest BCUT2D eigenvalue weighted by Gasteiger charge is -2.34. The molecule has 0 unspecified atom stereocenters. The molecule has 2 aliphatic carbocycles. The van der Waals surface area contributed by atoms with Crippen LogP contribution in [0.3, 0.4) is 0 Å². The fourth-order valence-electron chi connectivity index (χ4n) is 9.11. The van der Waals surface area contributed by atoms with Crippen LogP contribution in [0.15, 0.2) is 97.1 Å². The van der Waals surface area contributed by atoms with Gasteiger partial charge in [0.05, 0.1) is 62.0 Å². The van der Waals surface area contributed by atoms with Crippen LogP contribution in [-0.4, -0.2) is 62.3 Å². The standard InChI is InChI=1S/C49H52N4O6/c1-56-34-21-23-38(46(26-34)58-3)44-28-40(36-9-5-7-11-42(36)52-44)48(54)50-32-17-13-30(14-18-32)25-31-15-19-33(20-16-31)51-49(55)41-29-45(53-43-12-8-6-10-37(41)43)39-24-22-35(57-2)27-47(39)59-4/h5-12,21-24,26-33H,13-20,25H2,1-4H3,(H,50,54)(H,51,55). The molecule has 2 aromatic heterocycles. The molecule has 2 amide bonds. The van der Waals surface area contributed by atoms with Gasteiger partial charge in [0.1, 0.15) is 23.0 Å². The second kappa shape index (κ2) is 17.8. The fourth-order valence-corrected chi connectivity index (χ4v) is 9.11. The van der Waals surface area contributed by atoms with E-state index in [-0.39, 0.29) is 23.9 Å². The molecule has 10 nitrogen and oxygen atoms in total. The van der Waals surface area contributed by atoms with Gasteiger partial charge in [-0.25, -0.2) is 9.97 Å². The van der Waals surface area contributed by atoms with Crippen LogP contribution in [0.2, 0.25) is 0 Å². The molecule has 59 heavy (non-hydrogen) atoms.